The Balaban J connectivity index is 1.48. The van der Waals surface area contributed by atoms with Gasteiger partial charge in [-0.05, 0) is 18.6 Å². The molecule has 0 amide bonds. The fraction of sp³-hybridized carbons (Fsp3) is 0.571. The van der Waals surface area contributed by atoms with E-state index in [0.717, 1.165) is 50.8 Å². The van der Waals surface area contributed by atoms with Crippen LogP contribution in [-0.2, 0) is 17.7 Å². The summed E-state index contributed by atoms with van der Waals surface area (Å²) in [7, 11) is 0. The molecule has 7 heteroatoms. The predicted molar refractivity (Wildman–Crippen MR) is 107 cm³/mol. The summed E-state index contributed by atoms with van der Waals surface area (Å²) in [4.78, 5) is 17.4. The molecule has 2 atom stereocenters. The Hall–Kier alpha value is -2.43. The van der Waals surface area contributed by atoms with Crippen molar-refractivity contribution in [2.45, 2.75) is 38.8 Å². The number of nitrogens with one attached hydrogen (secondary N) is 1. The number of ether oxygens (including phenoxy) is 1. The standard InChI is InChI=1S/C21H28N6O/c1-2-3-6-20-23-9-18(24-20)12-26-10-16-11-27(19(13-26)15-28-14-16)21-7-4-5-17(8-22)25-21/h4-5,7,9,16,19H,2-3,6,10-15H2,1H3,(H,23,24)/t16-,19-/m0/s1. The van der Waals surface area contributed by atoms with Gasteiger partial charge in [-0.3, -0.25) is 4.90 Å². The van der Waals surface area contributed by atoms with Crippen LogP contribution in [0.4, 0.5) is 5.82 Å². The number of aromatic nitrogens is 3. The number of pyridine rings is 1. The lowest BCUT2D eigenvalue weighted by Crippen LogP contribution is -2.44. The molecule has 2 aromatic rings. The van der Waals surface area contributed by atoms with E-state index in [-0.39, 0.29) is 6.04 Å². The molecule has 0 spiro atoms. The van der Waals surface area contributed by atoms with Crippen molar-refractivity contribution in [3.8, 4) is 6.07 Å². The Bertz CT molecular complexity index is 828. The molecule has 4 heterocycles. The summed E-state index contributed by atoms with van der Waals surface area (Å²) < 4.78 is 5.94. The molecule has 2 saturated heterocycles. The summed E-state index contributed by atoms with van der Waals surface area (Å²) in [5.74, 6) is 2.39. The molecule has 1 N–H and O–H groups in total. The number of unbranched alkanes of at least 4 members (excludes halogenated alkanes) is 1. The fourth-order valence-electron chi connectivity index (χ4n) is 4.19. The molecule has 4 rings (SSSR count). The Morgan fingerprint density at radius 3 is 3.07 bits per heavy atom. The van der Waals surface area contributed by atoms with E-state index in [0.29, 0.717) is 18.2 Å². The van der Waals surface area contributed by atoms with Gasteiger partial charge in [-0.2, -0.15) is 5.26 Å². The van der Waals surface area contributed by atoms with Crippen LogP contribution < -0.4 is 4.90 Å². The minimum Gasteiger partial charge on any atom is -0.379 e. The molecular weight excluding hydrogens is 352 g/mol. The van der Waals surface area contributed by atoms with E-state index in [1.54, 1.807) is 6.07 Å². The average molecular weight is 380 g/mol. The zero-order valence-electron chi connectivity index (χ0n) is 16.5. The van der Waals surface area contributed by atoms with E-state index in [1.165, 1.54) is 18.5 Å². The molecule has 0 unspecified atom stereocenters. The van der Waals surface area contributed by atoms with Gasteiger partial charge >= 0.3 is 0 Å². The molecule has 28 heavy (non-hydrogen) atoms. The molecule has 2 aliphatic rings. The summed E-state index contributed by atoms with van der Waals surface area (Å²) in [6.45, 7) is 7.36. The Kier molecular flexibility index (Phi) is 5.89. The Morgan fingerprint density at radius 1 is 1.29 bits per heavy atom. The normalized spacial score (nSPS) is 22.6. The van der Waals surface area contributed by atoms with Crippen LogP contribution in [0.5, 0.6) is 0 Å². The highest BCUT2D eigenvalue weighted by molar-refractivity contribution is 5.43. The molecule has 0 aromatic carbocycles. The van der Waals surface area contributed by atoms with Gasteiger partial charge in [0.25, 0.3) is 0 Å². The lowest BCUT2D eigenvalue weighted by Gasteiger charge is -2.31. The topological polar surface area (TPSA) is 81.1 Å². The number of rotatable bonds is 6. The third-order valence-electron chi connectivity index (χ3n) is 5.53. The van der Waals surface area contributed by atoms with Crippen molar-refractivity contribution >= 4 is 5.82 Å². The first-order valence-corrected chi connectivity index (χ1v) is 10.2. The molecule has 2 bridgehead atoms. The number of H-pyrrole nitrogens is 1. The van der Waals surface area contributed by atoms with Crippen LogP contribution in [0.2, 0.25) is 0 Å². The number of nitriles is 1. The summed E-state index contributed by atoms with van der Waals surface area (Å²) >= 11 is 0. The lowest BCUT2D eigenvalue weighted by atomic mass is 10.1. The van der Waals surface area contributed by atoms with E-state index in [4.69, 9.17) is 4.74 Å². The van der Waals surface area contributed by atoms with E-state index in [9.17, 15) is 5.26 Å². The summed E-state index contributed by atoms with van der Waals surface area (Å²) in [5.41, 5.74) is 1.65. The molecule has 2 aliphatic heterocycles. The number of aromatic amines is 1. The first-order chi connectivity index (χ1) is 13.7. The first kappa shape index (κ1) is 18.9. The van der Waals surface area contributed by atoms with Gasteiger partial charge in [-0.25, -0.2) is 9.97 Å². The summed E-state index contributed by atoms with van der Waals surface area (Å²) in [6, 6.07) is 8.05. The average Bonchev–Trinajstić information content (AvgIpc) is 2.95. The van der Waals surface area contributed by atoms with Gasteiger partial charge in [0.05, 0.1) is 19.3 Å². The highest BCUT2D eigenvalue weighted by Crippen LogP contribution is 2.25. The minimum atomic E-state index is 0.233. The Labute approximate surface area is 166 Å². The van der Waals surface area contributed by atoms with Crippen LogP contribution in [0.3, 0.4) is 0 Å². The SMILES string of the molecule is CCCCc1ncc(CN2C[C@@H]3COC[C@H](C2)N(c2cccc(C#N)n2)C3)[nH]1. The van der Waals surface area contributed by atoms with Crippen molar-refractivity contribution < 1.29 is 4.74 Å². The largest absolute Gasteiger partial charge is 0.379 e. The van der Waals surface area contributed by atoms with Gasteiger partial charge in [0.15, 0.2) is 0 Å². The van der Waals surface area contributed by atoms with Gasteiger partial charge in [-0.1, -0.05) is 19.4 Å². The first-order valence-electron chi connectivity index (χ1n) is 10.2. The monoisotopic (exact) mass is 380 g/mol. The zero-order chi connectivity index (χ0) is 19.3. The van der Waals surface area contributed by atoms with Crippen molar-refractivity contribution in [3.63, 3.8) is 0 Å². The third-order valence-corrected chi connectivity index (χ3v) is 5.53. The summed E-state index contributed by atoms with van der Waals surface area (Å²) in [5, 5.41) is 9.19. The smallest absolute Gasteiger partial charge is 0.142 e. The maximum atomic E-state index is 9.19. The summed E-state index contributed by atoms with van der Waals surface area (Å²) in [6.07, 6.45) is 5.35. The number of imidazole rings is 1. The van der Waals surface area contributed by atoms with Crippen LogP contribution >= 0.6 is 0 Å². The minimum absolute atomic E-state index is 0.233. The predicted octanol–water partition coefficient (Wildman–Crippen LogP) is 2.36. The maximum absolute atomic E-state index is 9.19. The van der Waals surface area contributed by atoms with Crippen LogP contribution in [0, 0.1) is 17.2 Å². The molecular formula is C21H28N6O. The second-order valence-electron chi connectivity index (χ2n) is 7.86. The van der Waals surface area contributed by atoms with Crippen molar-refractivity contribution in [1.82, 2.24) is 19.9 Å². The maximum Gasteiger partial charge on any atom is 0.142 e. The second-order valence-corrected chi connectivity index (χ2v) is 7.86. The quantitative estimate of drug-likeness (QED) is 0.829. The number of hydrogen-bond donors (Lipinski definition) is 1. The molecule has 2 fully saturated rings. The number of aryl methyl sites for hydroxylation is 1. The van der Waals surface area contributed by atoms with Crippen molar-refractivity contribution in [2.24, 2.45) is 5.92 Å². The number of anilines is 1. The molecule has 0 saturated carbocycles. The van der Waals surface area contributed by atoms with E-state index in [1.807, 2.05) is 18.3 Å². The van der Waals surface area contributed by atoms with Gasteiger partial charge in [0, 0.05) is 50.4 Å². The highest BCUT2D eigenvalue weighted by atomic mass is 16.5. The van der Waals surface area contributed by atoms with Crippen LogP contribution in [0.15, 0.2) is 24.4 Å². The van der Waals surface area contributed by atoms with Crippen molar-refractivity contribution in [1.29, 1.82) is 5.26 Å². The van der Waals surface area contributed by atoms with Gasteiger partial charge in [0.2, 0.25) is 0 Å². The van der Waals surface area contributed by atoms with Crippen molar-refractivity contribution in [3.05, 3.63) is 41.6 Å². The highest BCUT2D eigenvalue weighted by Gasteiger charge is 2.34. The molecule has 0 radical (unpaired) electrons. The fourth-order valence-corrected chi connectivity index (χ4v) is 4.19. The van der Waals surface area contributed by atoms with Crippen LogP contribution in [0.1, 0.15) is 37.0 Å². The molecule has 2 aromatic heterocycles. The van der Waals surface area contributed by atoms with Crippen LogP contribution in [0.25, 0.3) is 0 Å². The van der Waals surface area contributed by atoms with E-state index < -0.39 is 0 Å². The second kappa shape index (κ2) is 8.72. The number of hydrogen-bond acceptors (Lipinski definition) is 6. The Morgan fingerprint density at radius 2 is 2.21 bits per heavy atom. The number of fused-ring (bicyclic) bond motifs is 3. The van der Waals surface area contributed by atoms with Crippen molar-refractivity contribution in [2.75, 3.05) is 37.7 Å². The number of nitrogens with zero attached hydrogens (tertiary/aromatic N) is 5. The van der Waals surface area contributed by atoms with Crippen LogP contribution in [-0.4, -0.2) is 58.7 Å². The van der Waals surface area contributed by atoms with Gasteiger partial charge in [0.1, 0.15) is 23.4 Å². The van der Waals surface area contributed by atoms with Gasteiger partial charge in [-0.15, -0.1) is 0 Å². The lowest BCUT2D eigenvalue weighted by molar-refractivity contribution is 0.0623. The molecule has 7 nitrogen and oxygen atoms in total. The molecule has 148 valence electrons. The zero-order valence-corrected chi connectivity index (χ0v) is 16.5. The third kappa shape index (κ3) is 4.34. The van der Waals surface area contributed by atoms with E-state index in [2.05, 4.69) is 37.7 Å². The molecule has 0 aliphatic carbocycles. The van der Waals surface area contributed by atoms with Gasteiger partial charge < -0.3 is 14.6 Å². The van der Waals surface area contributed by atoms with E-state index >= 15 is 0 Å².